The van der Waals surface area contributed by atoms with Gasteiger partial charge in [0, 0.05) is 38.3 Å². The van der Waals surface area contributed by atoms with Crippen molar-refractivity contribution in [2.75, 3.05) is 26.4 Å². The molecule has 3 rings (SSSR count). The molecule has 0 radical (unpaired) electrons. The Morgan fingerprint density at radius 2 is 2.07 bits per heavy atom. The summed E-state index contributed by atoms with van der Waals surface area (Å²) in [5.41, 5.74) is 2.82. The quantitative estimate of drug-likeness (QED) is 0.544. The average Bonchev–Trinajstić information content (AvgIpc) is 2.98. The number of aromatic nitrogens is 2. The molecule has 28 heavy (non-hydrogen) atoms. The number of carbonyl (C=O) groups is 2. The number of rotatable bonds is 8. The van der Waals surface area contributed by atoms with Crippen LogP contribution in [0, 0.1) is 5.41 Å². The van der Waals surface area contributed by atoms with Crippen LogP contribution in [0.15, 0.2) is 0 Å². The Kier molecular flexibility index (Phi) is 7.10. The maximum atomic E-state index is 12.8. The number of hydrogen-bond acceptors (Lipinski definition) is 5. The summed E-state index contributed by atoms with van der Waals surface area (Å²) in [6.07, 6.45) is 6.56. The van der Waals surface area contributed by atoms with E-state index in [9.17, 15) is 9.59 Å². The van der Waals surface area contributed by atoms with Crippen molar-refractivity contribution < 1.29 is 19.1 Å². The van der Waals surface area contributed by atoms with Crippen LogP contribution >= 0.6 is 0 Å². The zero-order chi connectivity index (χ0) is 20.0. The Labute approximate surface area is 167 Å². The summed E-state index contributed by atoms with van der Waals surface area (Å²) >= 11 is 0. The highest BCUT2D eigenvalue weighted by atomic mass is 16.5. The fraction of sp³-hybridized carbons (Fsp3) is 0.762. The second-order valence-corrected chi connectivity index (χ2v) is 7.99. The maximum absolute atomic E-state index is 12.8. The van der Waals surface area contributed by atoms with Gasteiger partial charge in [0.15, 0.2) is 0 Å². The van der Waals surface area contributed by atoms with E-state index >= 15 is 0 Å². The molecule has 1 amide bonds. The number of ether oxygens (including phenoxy) is 2. The first-order valence-corrected chi connectivity index (χ1v) is 10.7. The largest absolute Gasteiger partial charge is 0.466 e. The molecule has 1 aromatic rings. The minimum absolute atomic E-state index is 0.0232. The lowest BCUT2D eigenvalue weighted by Gasteiger charge is -2.36. The number of hydrogen-bond donors (Lipinski definition) is 1. The standard InChI is InChI=1S/C21H33N3O4/c1-3-5-8-18(25)28-11-6-7-17-16-14-21(9-12-27-13-10-21)15-22-20(26)19(16)24(4-2)23-17/h3-15H2,1-2H3,(H,22,26). The van der Waals surface area contributed by atoms with Gasteiger partial charge in [-0.25, -0.2) is 0 Å². The van der Waals surface area contributed by atoms with Crippen LogP contribution in [0.5, 0.6) is 0 Å². The van der Waals surface area contributed by atoms with Gasteiger partial charge in [-0.15, -0.1) is 0 Å². The van der Waals surface area contributed by atoms with Gasteiger partial charge in [-0.2, -0.15) is 5.10 Å². The summed E-state index contributed by atoms with van der Waals surface area (Å²) in [6.45, 7) is 7.33. The number of nitrogens with one attached hydrogen (secondary N) is 1. The lowest BCUT2D eigenvalue weighted by atomic mass is 9.75. The van der Waals surface area contributed by atoms with Crippen LogP contribution in [-0.2, 0) is 33.7 Å². The third kappa shape index (κ3) is 4.74. The van der Waals surface area contributed by atoms with Crippen LogP contribution in [0.4, 0.5) is 0 Å². The first-order valence-electron chi connectivity index (χ1n) is 10.7. The Hall–Kier alpha value is -1.89. The summed E-state index contributed by atoms with van der Waals surface area (Å²) in [5, 5.41) is 7.86. The van der Waals surface area contributed by atoms with Gasteiger partial charge in [0.25, 0.3) is 5.91 Å². The fourth-order valence-electron chi connectivity index (χ4n) is 4.18. The van der Waals surface area contributed by atoms with Gasteiger partial charge >= 0.3 is 5.97 Å². The van der Waals surface area contributed by atoms with E-state index < -0.39 is 0 Å². The van der Waals surface area contributed by atoms with Gasteiger partial charge in [-0.1, -0.05) is 13.3 Å². The first-order chi connectivity index (χ1) is 13.6. The van der Waals surface area contributed by atoms with Crippen molar-refractivity contribution in [2.45, 2.75) is 71.8 Å². The topological polar surface area (TPSA) is 82.4 Å². The van der Waals surface area contributed by atoms with Gasteiger partial charge in [0.1, 0.15) is 5.69 Å². The molecule has 0 aromatic carbocycles. The van der Waals surface area contributed by atoms with E-state index in [2.05, 4.69) is 12.2 Å². The van der Waals surface area contributed by atoms with Gasteiger partial charge < -0.3 is 14.8 Å². The molecule has 156 valence electrons. The molecule has 7 nitrogen and oxygen atoms in total. The van der Waals surface area contributed by atoms with E-state index in [1.807, 2.05) is 11.6 Å². The van der Waals surface area contributed by atoms with Crippen LogP contribution in [0.25, 0.3) is 0 Å². The molecule has 0 bridgehead atoms. The van der Waals surface area contributed by atoms with E-state index in [4.69, 9.17) is 14.6 Å². The van der Waals surface area contributed by atoms with Crippen LogP contribution in [0.2, 0.25) is 0 Å². The van der Waals surface area contributed by atoms with Crippen LogP contribution in [-0.4, -0.2) is 48.0 Å². The summed E-state index contributed by atoms with van der Waals surface area (Å²) < 4.78 is 12.7. The molecule has 1 spiro atoms. The molecule has 1 aromatic heterocycles. The smallest absolute Gasteiger partial charge is 0.305 e. The number of carbonyl (C=O) groups excluding carboxylic acids is 2. The second kappa shape index (κ2) is 9.54. The lowest BCUT2D eigenvalue weighted by molar-refractivity contribution is -0.143. The van der Waals surface area contributed by atoms with Crippen LogP contribution < -0.4 is 5.32 Å². The zero-order valence-corrected chi connectivity index (χ0v) is 17.2. The molecule has 2 aliphatic heterocycles. The van der Waals surface area contributed by atoms with Gasteiger partial charge in [0.2, 0.25) is 0 Å². The average molecular weight is 392 g/mol. The number of esters is 1. The van der Waals surface area contributed by atoms with E-state index in [-0.39, 0.29) is 17.3 Å². The van der Waals surface area contributed by atoms with Crippen LogP contribution in [0.1, 0.15) is 74.1 Å². The number of fused-ring (bicyclic) bond motifs is 1. The van der Waals surface area contributed by atoms with Crippen molar-refractivity contribution in [3.8, 4) is 0 Å². The molecular formula is C21H33N3O4. The molecule has 7 heteroatoms. The van der Waals surface area contributed by atoms with E-state index in [0.29, 0.717) is 31.8 Å². The van der Waals surface area contributed by atoms with Crippen LogP contribution in [0.3, 0.4) is 0 Å². The zero-order valence-electron chi connectivity index (χ0n) is 17.2. The minimum atomic E-state index is -0.125. The lowest BCUT2D eigenvalue weighted by Crippen LogP contribution is -2.40. The molecule has 0 unspecified atom stereocenters. The predicted molar refractivity (Wildman–Crippen MR) is 105 cm³/mol. The van der Waals surface area contributed by atoms with Gasteiger partial charge in [-0.05, 0) is 50.9 Å². The summed E-state index contributed by atoms with van der Waals surface area (Å²) in [7, 11) is 0. The third-order valence-electron chi connectivity index (χ3n) is 5.93. The summed E-state index contributed by atoms with van der Waals surface area (Å²) in [5.74, 6) is -0.148. The minimum Gasteiger partial charge on any atom is -0.466 e. The molecule has 0 saturated carbocycles. The highest BCUT2D eigenvalue weighted by Gasteiger charge is 2.39. The fourth-order valence-corrected chi connectivity index (χ4v) is 4.18. The predicted octanol–water partition coefficient (Wildman–Crippen LogP) is 2.65. The van der Waals surface area contributed by atoms with Crippen molar-refractivity contribution >= 4 is 11.9 Å². The molecule has 2 aliphatic rings. The van der Waals surface area contributed by atoms with Crippen molar-refractivity contribution in [1.82, 2.24) is 15.1 Å². The number of unbranched alkanes of at least 4 members (excludes halogenated alkanes) is 1. The molecule has 3 heterocycles. The van der Waals surface area contributed by atoms with Crippen molar-refractivity contribution in [1.29, 1.82) is 0 Å². The van der Waals surface area contributed by atoms with Crippen molar-refractivity contribution in [3.63, 3.8) is 0 Å². The number of aryl methyl sites for hydroxylation is 2. The summed E-state index contributed by atoms with van der Waals surface area (Å²) in [4.78, 5) is 24.5. The maximum Gasteiger partial charge on any atom is 0.305 e. The summed E-state index contributed by atoms with van der Waals surface area (Å²) in [6, 6.07) is 0. The van der Waals surface area contributed by atoms with E-state index in [1.165, 1.54) is 0 Å². The highest BCUT2D eigenvalue weighted by Crippen LogP contribution is 2.37. The normalized spacial score (nSPS) is 18.4. The first kappa shape index (κ1) is 20.8. The Morgan fingerprint density at radius 1 is 1.29 bits per heavy atom. The Morgan fingerprint density at radius 3 is 2.79 bits per heavy atom. The van der Waals surface area contributed by atoms with E-state index in [1.54, 1.807) is 0 Å². The van der Waals surface area contributed by atoms with E-state index in [0.717, 1.165) is 69.4 Å². The monoisotopic (exact) mass is 391 g/mol. The van der Waals surface area contributed by atoms with Gasteiger partial charge in [0.05, 0.1) is 12.3 Å². The molecule has 1 N–H and O–H groups in total. The Balaban J connectivity index is 1.70. The third-order valence-corrected chi connectivity index (χ3v) is 5.93. The van der Waals surface area contributed by atoms with Crippen molar-refractivity contribution in [3.05, 3.63) is 17.0 Å². The number of nitrogens with zero attached hydrogens (tertiary/aromatic N) is 2. The molecule has 0 aliphatic carbocycles. The highest BCUT2D eigenvalue weighted by molar-refractivity contribution is 5.94. The molecular weight excluding hydrogens is 358 g/mol. The Bertz CT molecular complexity index is 692. The second-order valence-electron chi connectivity index (χ2n) is 7.99. The number of amides is 1. The molecule has 1 fully saturated rings. The van der Waals surface area contributed by atoms with Gasteiger partial charge in [-0.3, -0.25) is 14.3 Å². The molecule has 0 atom stereocenters. The SMILES string of the molecule is CCCCC(=O)OCCCc1nn(CC)c2c1CC1(CCOCC1)CNC2=O. The van der Waals surface area contributed by atoms with Crippen molar-refractivity contribution in [2.24, 2.45) is 5.41 Å². The molecule has 1 saturated heterocycles.